The summed E-state index contributed by atoms with van der Waals surface area (Å²) in [6.45, 7) is 7.62. The van der Waals surface area contributed by atoms with Crippen molar-refractivity contribution in [2.24, 2.45) is 0 Å². The van der Waals surface area contributed by atoms with E-state index in [1.54, 1.807) is 18.2 Å². The minimum Gasteiger partial charge on any atom is -0.484 e. The number of halogens is 3. The molecule has 1 N–H and O–H groups in total. The number of rotatable bonds is 8. The number of carbonyl (C=O) groups is 2. The number of benzene rings is 2. The molecule has 0 aliphatic heterocycles. The van der Waals surface area contributed by atoms with Crippen LogP contribution in [0.5, 0.6) is 5.75 Å². The van der Waals surface area contributed by atoms with Crippen LogP contribution in [0.3, 0.4) is 0 Å². The summed E-state index contributed by atoms with van der Waals surface area (Å²) in [4.78, 5) is 27.7. The molecule has 1 atom stereocenters. The Balaban J connectivity index is 2.25. The predicted octanol–water partition coefficient (Wildman–Crippen LogP) is 5.70. The fraction of sp³-hybridized carbons (Fsp3) is 0.391. The zero-order valence-corrected chi connectivity index (χ0v) is 21.7. The maximum absolute atomic E-state index is 13.2. The molecule has 0 fully saturated rings. The Kier molecular flexibility index (Phi) is 9.45. The van der Waals surface area contributed by atoms with Crippen LogP contribution in [-0.2, 0) is 16.1 Å². The summed E-state index contributed by atoms with van der Waals surface area (Å²) in [6, 6.07) is 12.0. The molecule has 5 nitrogen and oxygen atoms in total. The fourth-order valence-electron chi connectivity index (χ4n) is 2.97. The zero-order valence-electron chi connectivity index (χ0n) is 18.0. The van der Waals surface area contributed by atoms with Crippen molar-refractivity contribution in [3.8, 4) is 5.75 Å². The smallest absolute Gasteiger partial charge is 0.261 e. The van der Waals surface area contributed by atoms with Gasteiger partial charge in [0.1, 0.15) is 11.8 Å². The lowest BCUT2D eigenvalue weighted by molar-refractivity contribution is -0.143. The zero-order chi connectivity index (χ0) is 23.2. The molecule has 0 aliphatic carbocycles. The SMILES string of the molecule is CCC(C(=O)NC(C)(C)C)N(Cc1ccc(Cl)c(Cl)c1)C(=O)COc1ccc(I)cc1. The Morgan fingerprint density at radius 3 is 2.29 bits per heavy atom. The Hall–Kier alpha value is -1.51. The summed E-state index contributed by atoms with van der Waals surface area (Å²) in [5, 5.41) is 3.80. The van der Waals surface area contributed by atoms with Crippen LogP contribution in [0.4, 0.5) is 0 Å². The highest BCUT2D eigenvalue weighted by Gasteiger charge is 2.31. The van der Waals surface area contributed by atoms with Gasteiger partial charge >= 0.3 is 0 Å². The first-order valence-electron chi connectivity index (χ1n) is 9.94. The quantitative estimate of drug-likeness (QED) is 0.410. The van der Waals surface area contributed by atoms with Crippen molar-refractivity contribution in [2.75, 3.05) is 6.61 Å². The van der Waals surface area contributed by atoms with Crippen LogP contribution in [0.25, 0.3) is 0 Å². The third kappa shape index (κ3) is 8.16. The van der Waals surface area contributed by atoms with Gasteiger partial charge in [-0.05, 0) is 91.7 Å². The maximum Gasteiger partial charge on any atom is 0.261 e. The van der Waals surface area contributed by atoms with Crippen molar-refractivity contribution in [3.63, 3.8) is 0 Å². The lowest BCUT2D eigenvalue weighted by atomic mass is 10.1. The molecule has 2 rings (SSSR count). The normalized spacial score (nSPS) is 12.2. The summed E-state index contributed by atoms with van der Waals surface area (Å²) < 4.78 is 6.76. The summed E-state index contributed by atoms with van der Waals surface area (Å²) in [5.41, 5.74) is 0.361. The van der Waals surface area contributed by atoms with Crippen molar-refractivity contribution < 1.29 is 14.3 Å². The van der Waals surface area contributed by atoms with E-state index in [1.165, 1.54) is 4.90 Å². The van der Waals surface area contributed by atoms with Gasteiger partial charge in [0.05, 0.1) is 10.0 Å². The molecule has 2 aromatic carbocycles. The molecule has 168 valence electrons. The molecule has 0 heterocycles. The highest BCUT2D eigenvalue weighted by atomic mass is 127. The molecule has 0 saturated carbocycles. The van der Waals surface area contributed by atoms with Crippen molar-refractivity contribution in [3.05, 3.63) is 61.6 Å². The molecule has 0 radical (unpaired) electrons. The number of ether oxygens (including phenoxy) is 1. The van der Waals surface area contributed by atoms with Crippen molar-refractivity contribution in [2.45, 2.75) is 52.2 Å². The molecule has 1 unspecified atom stereocenters. The highest BCUT2D eigenvalue weighted by molar-refractivity contribution is 14.1. The minimum absolute atomic E-state index is 0.179. The number of hydrogen-bond donors (Lipinski definition) is 1. The van der Waals surface area contributed by atoms with Gasteiger partial charge < -0.3 is 15.0 Å². The van der Waals surface area contributed by atoms with E-state index in [1.807, 2.05) is 52.0 Å². The van der Waals surface area contributed by atoms with Crippen LogP contribution in [0.2, 0.25) is 10.0 Å². The van der Waals surface area contributed by atoms with E-state index in [0.29, 0.717) is 22.2 Å². The summed E-state index contributed by atoms with van der Waals surface area (Å²) in [5.74, 6) is 0.0913. The van der Waals surface area contributed by atoms with Gasteiger partial charge in [0.15, 0.2) is 6.61 Å². The lowest BCUT2D eigenvalue weighted by Gasteiger charge is -2.33. The number of nitrogens with one attached hydrogen (secondary N) is 1. The monoisotopic (exact) mass is 576 g/mol. The number of hydrogen-bond acceptors (Lipinski definition) is 3. The maximum atomic E-state index is 13.2. The molecule has 2 amide bonds. The van der Waals surface area contributed by atoms with E-state index in [-0.39, 0.29) is 25.0 Å². The molecule has 0 bridgehead atoms. The predicted molar refractivity (Wildman–Crippen MR) is 134 cm³/mol. The molecule has 0 spiro atoms. The van der Waals surface area contributed by atoms with Gasteiger partial charge in [-0.3, -0.25) is 9.59 Å². The minimum atomic E-state index is -0.651. The average molecular weight is 577 g/mol. The van der Waals surface area contributed by atoms with E-state index in [9.17, 15) is 9.59 Å². The summed E-state index contributed by atoms with van der Waals surface area (Å²) in [7, 11) is 0. The number of amides is 2. The Labute approximate surface area is 207 Å². The highest BCUT2D eigenvalue weighted by Crippen LogP contribution is 2.24. The van der Waals surface area contributed by atoms with Crippen LogP contribution in [0, 0.1) is 3.57 Å². The second-order valence-corrected chi connectivity index (χ2v) is 10.2. The number of nitrogens with zero attached hydrogens (tertiary/aromatic N) is 1. The van der Waals surface area contributed by atoms with E-state index in [0.717, 1.165) is 9.13 Å². The van der Waals surface area contributed by atoms with Crippen molar-refractivity contribution in [1.29, 1.82) is 0 Å². The van der Waals surface area contributed by atoms with Crippen LogP contribution in [0.1, 0.15) is 39.7 Å². The first-order valence-corrected chi connectivity index (χ1v) is 11.8. The van der Waals surface area contributed by atoms with Crippen molar-refractivity contribution >= 4 is 57.6 Å². The Bertz CT molecular complexity index is 914. The van der Waals surface area contributed by atoms with Gasteiger partial charge in [0, 0.05) is 15.7 Å². The Morgan fingerprint density at radius 2 is 1.74 bits per heavy atom. The van der Waals surface area contributed by atoms with Crippen molar-refractivity contribution in [1.82, 2.24) is 10.2 Å². The molecule has 0 aliphatic rings. The average Bonchev–Trinajstić information content (AvgIpc) is 2.68. The van der Waals surface area contributed by atoms with Gasteiger partial charge in [-0.2, -0.15) is 0 Å². The van der Waals surface area contributed by atoms with Gasteiger partial charge in [0.2, 0.25) is 5.91 Å². The molecule has 8 heteroatoms. The third-order valence-corrected chi connectivity index (χ3v) is 5.86. The van der Waals surface area contributed by atoms with Gasteiger partial charge in [0.25, 0.3) is 5.91 Å². The Morgan fingerprint density at radius 1 is 1.10 bits per heavy atom. The van der Waals surface area contributed by atoms with Gasteiger partial charge in [-0.15, -0.1) is 0 Å². The second-order valence-electron chi connectivity index (χ2n) is 8.18. The van der Waals surface area contributed by atoms with Crippen LogP contribution in [-0.4, -0.2) is 34.9 Å². The largest absolute Gasteiger partial charge is 0.484 e. The summed E-state index contributed by atoms with van der Waals surface area (Å²) >= 11 is 14.4. The van der Waals surface area contributed by atoms with Gasteiger partial charge in [-0.25, -0.2) is 0 Å². The van der Waals surface area contributed by atoms with Crippen LogP contribution < -0.4 is 10.1 Å². The molecule has 31 heavy (non-hydrogen) atoms. The molecule has 0 aromatic heterocycles. The first-order chi connectivity index (χ1) is 14.5. The molecular formula is C23H27Cl2IN2O3. The standard InChI is InChI=1S/C23H27Cl2IN2O3/c1-5-20(22(30)27-23(2,3)4)28(13-15-6-11-18(24)19(25)12-15)21(29)14-31-17-9-7-16(26)8-10-17/h6-12,20H,5,13-14H2,1-4H3,(H,27,30). The molecule has 0 saturated heterocycles. The van der Waals surface area contributed by atoms with E-state index >= 15 is 0 Å². The molecular weight excluding hydrogens is 550 g/mol. The van der Waals surface area contributed by atoms with Crippen LogP contribution >= 0.6 is 45.8 Å². The first kappa shape index (κ1) is 25.7. The van der Waals surface area contributed by atoms with E-state index < -0.39 is 11.6 Å². The fourth-order valence-corrected chi connectivity index (χ4v) is 3.65. The summed E-state index contributed by atoms with van der Waals surface area (Å²) in [6.07, 6.45) is 0.457. The van der Waals surface area contributed by atoms with E-state index in [2.05, 4.69) is 27.9 Å². The molecule has 2 aromatic rings. The third-order valence-electron chi connectivity index (χ3n) is 4.40. The van der Waals surface area contributed by atoms with E-state index in [4.69, 9.17) is 27.9 Å². The second kappa shape index (κ2) is 11.4. The van der Waals surface area contributed by atoms with Crippen LogP contribution in [0.15, 0.2) is 42.5 Å². The van der Waals surface area contributed by atoms with Gasteiger partial charge in [-0.1, -0.05) is 36.2 Å². The lowest BCUT2D eigenvalue weighted by Crippen LogP contribution is -2.54. The number of carbonyl (C=O) groups excluding carboxylic acids is 2. The topological polar surface area (TPSA) is 58.6 Å².